The number of methoxy groups -OCH3 is 3. The summed E-state index contributed by atoms with van der Waals surface area (Å²) >= 11 is 0. The molecule has 1 unspecified atom stereocenters. The number of nitrogens with one attached hydrogen (secondary N) is 2. The van der Waals surface area contributed by atoms with Gasteiger partial charge in [0.2, 0.25) is 5.75 Å². The Bertz CT molecular complexity index is 712. The summed E-state index contributed by atoms with van der Waals surface area (Å²) in [5.41, 5.74) is 0.997. The van der Waals surface area contributed by atoms with Gasteiger partial charge in [-0.15, -0.1) is 24.0 Å². The molecule has 1 aromatic carbocycles. The Labute approximate surface area is 183 Å². The molecule has 0 bridgehead atoms. The molecule has 0 fully saturated rings. The Hall–Kier alpha value is -2.17. The third-order valence-electron chi connectivity index (χ3n) is 4.08. The Morgan fingerprint density at radius 3 is 2.32 bits per heavy atom. The van der Waals surface area contributed by atoms with Crippen LogP contribution in [-0.4, -0.2) is 50.7 Å². The topological polar surface area (TPSA) is 81.9 Å². The quantitative estimate of drug-likeness (QED) is 0.311. The molecule has 0 aliphatic rings. The van der Waals surface area contributed by atoms with E-state index in [4.69, 9.17) is 14.2 Å². The predicted molar refractivity (Wildman–Crippen MR) is 121 cm³/mol. The van der Waals surface area contributed by atoms with Gasteiger partial charge in [-0.05, 0) is 29.7 Å². The smallest absolute Gasteiger partial charge is 0.203 e. The van der Waals surface area contributed by atoms with Crippen LogP contribution in [0.5, 0.6) is 17.2 Å². The van der Waals surface area contributed by atoms with Gasteiger partial charge in [0.05, 0.1) is 21.3 Å². The molecule has 0 saturated carbocycles. The van der Waals surface area contributed by atoms with Gasteiger partial charge in [-0.1, -0.05) is 6.92 Å². The molecule has 0 amide bonds. The van der Waals surface area contributed by atoms with Gasteiger partial charge in [-0.25, -0.2) is 0 Å². The van der Waals surface area contributed by atoms with Gasteiger partial charge in [0, 0.05) is 39.1 Å². The van der Waals surface area contributed by atoms with Crippen molar-refractivity contribution < 1.29 is 14.2 Å². The molecule has 1 atom stereocenters. The maximum Gasteiger partial charge on any atom is 0.203 e. The van der Waals surface area contributed by atoms with Gasteiger partial charge < -0.3 is 24.8 Å². The molecule has 0 aliphatic carbocycles. The highest BCUT2D eigenvalue weighted by Crippen LogP contribution is 2.38. The van der Waals surface area contributed by atoms with Gasteiger partial charge in [-0.2, -0.15) is 5.10 Å². The number of guanidine groups is 1. The summed E-state index contributed by atoms with van der Waals surface area (Å²) in [6.07, 6.45) is 3.76. The number of hydrogen-bond acceptors (Lipinski definition) is 5. The van der Waals surface area contributed by atoms with Crippen LogP contribution in [0.25, 0.3) is 0 Å². The first kappa shape index (κ1) is 23.9. The number of rotatable bonds is 9. The highest BCUT2D eigenvalue weighted by molar-refractivity contribution is 14.0. The molecule has 28 heavy (non-hydrogen) atoms. The Balaban J connectivity index is 0.00000392. The van der Waals surface area contributed by atoms with Crippen LogP contribution in [0.1, 0.15) is 12.5 Å². The van der Waals surface area contributed by atoms with Crippen molar-refractivity contribution in [3.05, 3.63) is 36.2 Å². The van der Waals surface area contributed by atoms with Crippen molar-refractivity contribution in [3.63, 3.8) is 0 Å². The number of halogens is 1. The zero-order chi connectivity index (χ0) is 19.6. The molecule has 1 heterocycles. The molecule has 8 nitrogen and oxygen atoms in total. The average molecular weight is 503 g/mol. The van der Waals surface area contributed by atoms with Crippen LogP contribution in [0.3, 0.4) is 0 Å². The van der Waals surface area contributed by atoms with Crippen LogP contribution in [0.4, 0.5) is 0 Å². The highest BCUT2D eigenvalue weighted by atomic mass is 127. The van der Waals surface area contributed by atoms with Crippen molar-refractivity contribution in [2.45, 2.75) is 20.0 Å². The van der Waals surface area contributed by atoms with Gasteiger partial charge >= 0.3 is 0 Å². The van der Waals surface area contributed by atoms with E-state index in [2.05, 4.69) is 27.6 Å². The van der Waals surface area contributed by atoms with Gasteiger partial charge in [0.1, 0.15) is 0 Å². The van der Waals surface area contributed by atoms with E-state index in [0.29, 0.717) is 29.7 Å². The van der Waals surface area contributed by atoms with Crippen molar-refractivity contribution >= 4 is 29.9 Å². The molecule has 0 radical (unpaired) electrons. The van der Waals surface area contributed by atoms with Gasteiger partial charge in [0.25, 0.3) is 0 Å². The molecular formula is C19H30IN5O3. The van der Waals surface area contributed by atoms with E-state index in [1.807, 2.05) is 29.1 Å². The number of hydrogen-bond donors (Lipinski definition) is 2. The summed E-state index contributed by atoms with van der Waals surface area (Å²) in [6.45, 7) is 4.38. The zero-order valence-corrected chi connectivity index (χ0v) is 19.4. The van der Waals surface area contributed by atoms with Crippen LogP contribution in [0.2, 0.25) is 0 Å². The largest absolute Gasteiger partial charge is 0.493 e. The third-order valence-corrected chi connectivity index (χ3v) is 4.08. The van der Waals surface area contributed by atoms with Crippen LogP contribution in [0.15, 0.2) is 35.6 Å². The molecule has 0 saturated heterocycles. The molecule has 1 aromatic heterocycles. The summed E-state index contributed by atoms with van der Waals surface area (Å²) < 4.78 is 18.1. The highest BCUT2D eigenvalue weighted by Gasteiger charge is 2.13. The van der Waals surface area contributed by atoms with E-state index in [1.165, 1.54) is 0 Å². The summed E-state index contributed by atoms with van der Waals surface area (Å²) in [5.74, 6) is 2.98. The Morgan fingerprint density at radius 2 is 1.82 bits per heavy atom. The fraction of sp³-hybridized carbons (Fsp3) is 0.474. The fourth-order valence-corrected chi connectivity index (χ4v) is 2.71. The zero-order valence-electron chi connectivity index (χ0n) is 17.1. The van der Waals surface area contributed by atoms with Crippen molar-refractivity contribution in [2.24, 2.45) is 10.9 Å². The minimum Gasteiger partial charge on any atom is -0.493 e. The molecule has 2 rings (SSSR count). The standard InChI is InChI=1S/C19H29N5O3.HI/c1-14(13-24-8-6-7-23-24)11-21-19(20-2)22-12-15-9-16(25-3)18(27-5)17(10-15)26-4;/h6-10,14H,11-13H2,1-5H3,(H2,20,21,22);1H. The fourth-order valence-electron chi connectivity index (χ4n) is 2.71. The van der Waals surface area contributed by atoms with Crippen LogP contribution >= 0.6 is 24.0 Å². The number of ether oxygens (including phenoxy) is 3. The van der Waals surface area contributed by atoms with E-state index in [1.54, 1.807) is 34.6 Å². The van der Waals surface area contributed by atoms with Crippen molar-refractivity contribution in [3.8, 4) is 17.2 Å². The van der Waals surface area contributed by atoms with Crippen molar-refractivity contribution in [2.75, 3.05) is 34.9 Å². The summed E-state index contributed by atoms with van der Waals surface area (Å²) in [7, 11) is 6.56. The predicted octanol–water partition coefficient (Wildman–Crippen LogP) is 2.53. The van der Waals surface area contributed by atoms with Crippen molar-refractivity contribution in [1.82, 2.24) is 20.4 Å². The number of benzene rings is 1. The summed E-state index contributed by atoms with van der Waals surface area (Å²) in [4.78, 5) is 4.28. The van der Waals surface area contributed by atoms with E-state index >= 15 is 0 Å². The first-order valence-electron chi connectivity index (χ1n) is 8.82. The van der Waals surface area contributed by atoms with E-state index < -0.39 is 0 Å². The molecule has 9 heteroatoms. The number of aliphatic imine (C=N–C) groups is 1. The number of aromatic nitrogens is 2. The maximum absolute atomic E-state index is 5.39. The first-order valence-corrected chi connectivity index (χ1v) is 8.82. The summed E-state index contributed by atoms with van der Waals surface area (Å²) in [6, 6.07) is 5.77. The molecular weight excluding hydrogens is 473 g/mol. The van der Waals surface area contributed by atoms with E-state index in [-0.39, 0.29) is 24.0 Å². The van der Waals surface area contributed by atoms with Gasteiger partial charge in [-0.3, -0.25) is 9.67 Å². The monoisotopic (exact) mass is 503 g/mol. The van der Waals surface area contributed by atoms with Crippen LogP contribution in [-0.2, 0) is 13.1 Å². The minimum atomic E-state index is 0. The van der Waals surface area contributed by atoms with Crippen LogP contribution in [0, 0.1) is 5.92 Å². The third kappa shape index (κ3) is 6.77. The summed E-state index contributed by atoms with van der Waals surface area (Å²) in [5, 5.41) is 10.9. The maximum atomic E-state index is 5.39. The molecule has 0 aliphatic heterocycles. The molecule has 156 valence electrons. The number of nitrogens with zero attached hydrogens (tertiary/aromatic N) is 3. The van der Waals surface area contributed by atoms with Gasteiger partial charge in [0.15, 0.2) is 17.5 Å². The minimum absolute atomic E-state index is 0. The Morgan fingerprint density at radius 1 is 1.14 bits per heavy atom. The lowest BCUT2D eigenvalue weighted by molar-refractivity contribution is 0.323. The van der Waals surface area contributed by atoms with E-state index in [9.17, 15) is 0 Å². The lowest BCUT2D eigenvalue weighted by atomic mass is 10.1. The lowest BCUT2D eigenvalue weighted by Gasteiger charge is -2.17. The normalized spacial score (nSPS) is 12.0. The molecule has 0 spiro atoms. The first-order chi connectivity index (χ1) is 13.1. The van der Waals surface area contributed by atoms with Crippen LogP contribution < -0.4 is 24.8 Å². The second-order valence-electron chi connectivity index (χ2n) is 6.17. The van der Waals surface area contributed by atoms with Crippen molar-refractivity contribution in [1.29, 1.82) is 0 Å². The Kier molecular flexibility index (Phi) is 10.5. The average Bonchev–Trinajstić information content (AvgIpc) is 3.19. The molecule has 2 N–H and O–H groups in total. The second-order valence-corrected chi connectivity index (χ2v) is 6.17. The SMILES string of the molecule is CN=C(NCc1cc(OC)c(OC)c(OC)c1)NCC(C)Cn1cccn1.I. The lowest BCUT2D eigenvalue weighted by Crippen LogP contribution is -2.39. The van der Waals surface area contributed by atoms with E-state index in [0.717, 1.165) is 24.6 Å². The molecule has 2 aromatic rings. The second kappa shape index (κ2) is 12.3.